The molecular formula is C31H38HfSi. The summed E-state index contributed by atoms with van der Waals surface area (Å²) in [4.78, 5) is 0. The van der Waals surface area contributed by atoms with Gasteiger partial charge in [-0.3, -0.25) is 0 Å². The number of hydrogen-bond donors (Lipinski definition) is 0. The molecule has 0 aromatic heterocycles. The van der Waals surface area contributed by atoms with Gasteiger partial charge in [-0.25, -0.2) is 0 Å². The van der Waals surface area contributed by atoms with Gasteiger partial charge in [0.05, 0.1) is 0 Å². The molecule has 33 heavy (non-hydrogen) atoms. The molecule has 2 atom stereocenters. The molecule has 2 unspecified atom stereocenters. The zero-order valence-electron chi connectivity index (χ0n) is 20.7. The molecule has 0 N–H and O–H groups in total. The molecule has 0 amide bonds. The summed E-state index contributed by atoms with van der Waals surface area (Å²) >= 11 is -2.07. The Kier molecular flexibility index (Phi) is 6.28. The first-order valence-electron chi connectivity index (χ1n) is 13.5. The Morgan fingerprint density at radius 2 is 1.21 bits per heavy atom. The maximum atomic E-state index is 2.64. The molecular weight excluding hydrogens is 579 g/mol. The van der Waals surface area contributed by atoms with Crippen LogP contribution < -0.4 is 0 Å². The van der Waals surface area contributed by atoms with E-state index in [-0.39, 0.29) is 0 Å². The van der Waals surface area contributed by atoms with Crippen molar-refractivity contribution >= 4 is 18.4 Å². The first-order chi connectivity index (χ1) is 16.2. The first kappa shape index (κ1) is 22.5. The Bertz CT molecular complexity index is 1090. The van der Waals surface area contributed by atoms with Crippen LogP contribution in [0, 0.1) is 0 Å². The Morgan fingerprint density at radius 1 is 0.727 bits per heavy atom. The van der Waals surface area contributed by atoms with E-state index in [4.69, 9.17) is 0 Å². The van der Waals surface area contributed by atoms with Gasteiger partial charge in [-0.1, -0.05) is 0 Å². The second-order valence-electron chi connectivity index (χ2n) is 11.1. The van der Waals surface area contributed by atoms with Crippen LogP contribution in [0.4, 0.5) is 0 Å². The van der Waals surface area contributed by atoms with Crippen LogP contribution in [0.2, 0.25) is 6.04 Å². The summed E-state index contributed by atoms with van der Waals surface area (Å²) < 4.78 is 1.65. The summed E-state index contributed by atoms with van der Waals surface area (Å²) in [6.45, 7) is 7.34. The third kappa shape index (κ3) is 4.18. The summed E-state index contributed by atoms with van der Waals surface area (Å²) in [7, 11) is 0. The van der Waals surface area contributed by atoms with Crippen LogP contribution in [0.25, 0.3) is 12.2 Å². The van der Waals surface area contributed by atoms with Crippen LogP contribution in [0.5, 0.6) is 0 Å². The quantitative estimate of drug-likeness (QED) is 0.206. The van der Waals surface area contributed by atoms with E-state index in [1.807, 2.05) is 0 Å². The SMILES string of the molecule is CCCCC[SiH]=[Hf]([CH]1C(C)=Cc2c(C3CC3)cccc21)[CH]1C(C)=Cc2c(C3CC3)cccc21. The summed E-state index contributed by atoms with van der Waals surface area (Å²) in [6, 6.07) is 16.3. The molecule has 0 saturated heterocycles. The average Bonchev–Trinajstić information content (AvgIpc) is 3.73. The van der Waals surface area contributed by atoms with Crippen LogP contribution in [0.15, 0.2) is 47.5 Å². The van der Waals surface area contributed by atoms with E-state index < -0.39 is 20.1 Å². The van der Waals surface area contributed by atoms with E-state index in [1.165, 1.54) is 44.9 Å². The molecule has 0 bridgehead atoms. The second-order valence-corrected chi connectivity index (χ2v) is 29.7. The third-order valence-electron chi connectivity index (χ3n) is 8.51. The number of allylic oxidation sites excluding steroid dienone is 2. The monoisotopic (exact) mass is 618 g/mol. The van der Waals surface area contributed by atoms with E-state index in [2.05, 4.69) is 69.3 Å². The zero-order valence-corrected chi connectivity index (χ0v) is 25.4. The van der Waals surface area contributed by atoms with Gasteiger partial charge in [-0.05, 0) is 0 Å². The van der Waals surface area contributed by atoms with Crippen molar-refractivity contribution in [3.05, 3.63) is 80.9 Å². The molecule has 2 saturated carbocycles. The van der Waals surface area contributed by atoms with Crippen molar-refractivity contribution in [3.63, 3.8) is 0 Å². The normalized spacial score (nSPS) is 23.1. The fraction of sp³-hybridized carbons (Fsp3) is 0.484. The molecule has 170 valence electrons. The van der Waals surface area contributed by atoms with Crippen molar-refractivity contribution in [2.75, 3.05) is 0 Å². The molecule has 2 aromatic rings. The fourth-order valence-corrected chi connectivity index (χ4v) is 36.0. The van der Waals surface area contributed by atoms with E-state index >= 15 is 0 Å². The van der Waals surface area contributed by atoms with Crippen LogP contribution in [-0.2, 0) is 20.1 Å². The molecule has 4 aliphatic rings. The minimum atomic E-state index is -2.07. The fourth-order valence-electron chi connectivity index (χ4n) is 6.60. The van der Waals surface area contributed by atoms with Gasteiger partial charge < -0.3 is 0 Å². The van der Waals surface area contributed by atoms with Crippen molar-refractivity contribution in [1.29, 1.82) is 0 Å². The van der Waals surface area contributed by atoms with Crippen molar-refractivity contribution in [1.82, 2.24) is 0 Å². The van der Waals surface area contributed by atoms with E-state index in [0.717, 1.165) is 19.2 Å². The van der Waals surface area contributed by atoms with Crippen LogP contribution in [0.3, 0.4) is 0 Å². The third-order valence-corrected chi connectivity index (χ3v) is 33.6. The number of unbranched alkanes of at least 4 members (excludes halogenated alkanes) is 2. The van der Waals surface area contributed by atoms with Crippen molar-refractivity contribution in [3.8, 4) is 0 Å². The predicted octanol–water partition coefficient (Wildman–Crippen LogP) is 8.64. The molecule has 2 heteroatoms. The Hall–Kier alpha value is -0.993. The zero-order chi connectivity index (χ0) is 22.5. The minimum absolute atomic E-state index is 0.623. The van der Waals surface area contributed by atoms with Crippen molar-refractivity contribution in [2.24, 2.45) is 0 Å². The topological polar surface area (TPSA) is 0 Å². The molecule has 0 spiro atoms. The van der Waals surface area contributed by atoms with E-state index in [9.17, 15) is 0 Å². The molecule has 0 aliphatic heterocycles. The summed E-state index contributed by atoms with van der Waals surface area (Å²) in [5, 5.41) is 0. The predicted molar refractivity (Wildman–Crippen MR) is 141 cm³/mol. The average molecular weight is 617 g/mol. The summed E-state index contributed by atoms with van der Waals surface area (Å²) in [5.41, 5.74) is 13.6. The Balaban J connectivity index is 1.44. The molecule has 2 fully saturated rings. The standard InChI is InChI=1S/2C13H13.C5H12Si.Hf/c2*1-9-7-11-3-2-4-12(10-5-6-10)13(11)8-9;1-2-3-4-5-6;/h2*2-4,7-8,10H,5-6H2,1H3;6H,2-5H2,1H3;. The first-order valence-corrected chi connectivity index (χ1v) is 25.3. The van der Waals surface area contributed by atoms with Gasteiger partial charge in [0.15, 0.2) is 0 Å². The van der Waals surface area contributed by atoms with Gasteiger partial charge in [0.1, 0.15) is 0 Å². The van der Waals surface area contributed by atoms with Crippen molar-refractivity contribution < 1.29 is 20.1 Å². The molecule has 0 heterocycles. The summed E-state index contributed by atoms with van der Waals surface area (Å²) in [6.07, 6.45) is 15.8. The number of hydrogen-bond acceptors (Lipinski definition) is 0. The molecule has 0 nitrogen and oxygen atoms in total. The van der Waals surface area contributed by atoms with Crippen LogP contribution in [0.1, 0.15) is 118 Å². The molecule has 2 aromatic carbocycles. The van der Waals surface area contributed by atoms with Gasteiger partial charge in [0.25, 0.3) is 0 Å². The van der Waals surface area contributed by atoms with E-state index in [1.54, 1.807) is 50.6 Å². The van der Waals surface area contributed by atoms with Crippen LogP contribution >= 0.6 is 0 Å². The number of fused-ring (bicyclic) bond motifs is 2. The number of benzene rings is 2. The van der Waals surface area contributed by atoms with Gasteiger partial charge >= 0.3 is 210 Å². The summed E-state index contributed by atoms with van der Waals surface area (Å²) in [5.74, 6) is 1.70. The second kappa shape index (κ2) is 9.23. The van der Waals surface area contributed by atoms with Gasteiger partial charge in [0, 0.05) is 0 Å². The van der Waals surface area contributed by atoms with Gasteiger partial charge in [-0.2, -0.15) is 0 Å². The van der Waals surface area contributed by atoms with E-state index in [0.29, 0.717) is 6.22 Å². The Morgan fingerprint density at radius 3 is 1.67 bits per heavy atom. The van der Waals surface area contributed by atoms with Crippen molar-refractivity contribution in [2.45, 2.75) is 90.9 Å². The van der Waals surface area contributed by atoms with Gasteiger partial charge in [0.2, 0.25) is 0 Å². The Labute approximate surface area is 209 Å². The molecule has 0 radical (unpaired) electrons. The van der Waals surface area contributed by atoms with Gasteiger partial charge in [-0.15, -0.1) is 0 Å². The number of rotatable bonds is 8. The molecule has 6 rings (SSSR count). The maximum absolute atomic E-state index is 2.64. The molecule has 4 aliphatic carbocycles. The van der Waals surface area contributed by atoms with Crippen LogP contribution in [-0.4, -0.2) is 6.22 Å².